The Morgan fingerprint density at radius 3 is 2.19 bits per heavy atom. The Morgan fingerprint density at radius 1 is 1.10 bits per heavy atom. The first-order valence-corrected chi connectivity index (χ1v) is 7.97. The molecule has 1 heterocycles. The minimum Gasteiger partial charge on any atom is -0.372 e. The summed E-state index contributed by atoms with van der Waals surface area (Å²) in [6.45, 7) is 8.90. The molecule has 3 nitrogen and oxygen atoms in total. The average molecular weight is 288 g/mol. The zero-order valence-corrected chi connectivity index (χ0v) is 13.9. The van der Waals surface area contributed by atoms with Gasteiger partial charge in [-0.1, -0.05) is 32.9 Å². The highest BCUT2D eigenvalue weighted by atomic mass is 16.2. The van der Waals surface area contributed by atoms with Gasteiger partial charge in [-0.2, -0.15) is 0 Å². The summed E-state index contributed by atoms with van der Waals surface area (Å²) in [5.41, 5.74) is 2.18. The maximum atomic E-state index is 12.2. The molecule has 0 spiro atoms. The van der Waals surface area contributed by atoms with Crippen LogP contribution in [0.25, 0.3) is 0 Å². The van der Waals surface area contributed by atoms with Crippen LogP contribution < -0.4 is 4.90 Å². The smallest absolute Gasteiger partial charge is 0.227 e. The SMILES string of the molecule is CN(Cc1ccc(N2CCCCC2)cc1)C(=O)C(C)(C)C. The predicted octanol–water partition coefficient (Wildman–Crippen LogP) is 3.68. The molecule has 0 atom stereocenters. The van der Waals surface area contributed by atoms with Crippen molar-refractivity contribution < 1.29 is 4.79 Å². The molecule has 1 saturated heterocycles. The van der Waals surface area contributed by atoms with Crippen molar-refractivity contribution in [1.82, 2.24) is 4.90 Å². The zero-order chi connectivity index (χ0) is 15.5. The highest BCUT2D eigenvalue weighted by Gasteiger charge is 2.24. The summed E-state index contributed by atoms with van der Waals surface area (Å²) in [6, 6.07) is 8.68. The standard InChI is InChI=1S/C18H28N2O/c1-18(2,3)17(21)19(4)14-15-8-10-16(11-9-15)20-12-6-5-7-13-20/h8-11H,5-7,12-14H2,1-4H3. The van der Waals surface area contributed by atoms with Gasteiger partial charge in [-0.15, -0.1) is 0 Å². The van der Waals surface area contributed by atoms with E-state index in [0.717, 1.165) is 0 Å². The second-order valence-corrected chi connectivity index (χ2v) is 7.13. The highest BCUT2D eigenvalue weighted by molar-refractivity contribution is 5.81. The molecular formula is C18H28N2O. The second kappa shape index (κ2) is 6.50. The molecule has 116 valence electrons. The van der Waals surface area contributed by atoms with E-state index in [4.69, 9.17) is 0 Å². The summed E-state index contributed by atoms with van der Waals surface area (Å²) in [5.74, 6) is 0.183. The van der Waals surface area contributed by atoms with Crippen LogP contribution in [0.5, 0.6) is 0 Å². The maximum absolute atomic E-state index is 12.2. The van der Waals surface area contributed by atoms with E-state index in [2.05, 4.69) is 29.2 Å². The highest BCUT2D eigenvalue weighted by Crippen LogP contribution is 2.22. The van der Waals surface area contributed by atoms with Crippen molar-refractivity contribution in [2.75, 3.05) is 25.0 Å². The van der Waals surface area contributed by atoms with Crippen molar-refractivity contribution in [3.8, 4) is 0 Å². The van der Waals surface area contributed by atoms with Crippen molar-refractivity contribution in [3.63, 3.8) is 0 Å². The van der Waals surface area contributed by atoms with Crippen molar-refractivity contribution in [1.29, 1.82) is 0 Å². The Labute approximate surface area is 128 Å². The van der Waals surface area contributed by atoms with E-state index in [1.165, 1.54) is 43.6 Å². The second-order valence-electron chi connectivity index (χ2n) is 7.13. The first kappa shape index (κ1) is 15.9. The van der Waals surface area contributed by atoms with Gasteiger partial charge in [0.1, 0.15) is 0 Å². The van der Waals surface area contributed by atoms with Gasteiger partial charge >= 0.3 is 0 Å². The van der Waals surface area contributed by atoms with E-state index < -0.39 is 0 Å². The van der Waals surface area contributed by atoms with Crippen LogP contribution in [0, 0.1) is 5.41 Å². The third-order valence-electron chi connectivity index (χ3n) is 4.07. The van der Waals surface area contributed by atoms with Gasteiger partial charge in [-0.05, 0) is 37.0 Å². The van der Waals surface area contributed by atoms with Crippen LogP contribution in [0.1, 0.15) is 45.6 Å². The van der Waals surface area contributed by atoms with Crippen LogP contribution in [-0.2, 0) is 11.3 Å². The fraction of sp³-hybridized carbons (Fsp3) is 0.611. The number of rotatable bonds is 3. The topological polar surface area (TPSA) is 23.6 Å². The molecule has 1 aliphatic heterocycles. The van der Waals surface area contributed by atoms with Gasteiger partial charge in [0.05, 0.1) is 0 Å². The minimum absolute atomic E-state index is 0.183. The Morgan fingerprint density at radius 2 is 1.67 bits per heavy atom. The fourth-order valence-corrected chi connectivity index (χ4v) is 2.88. The minimum atomic E-state index is -0.317. The molecule has 0 unspecified atom stereocenters. The van der Waals surface area contributed by atoms with Gasteiger partial charge < -0.3 is 9.80 Å². The summed E-state index contributed by atoms with van der Waals surface area (Å²) >= 11 is 0. The maximum Gasteiger partial charge on any atom is 0.227 e. The number of carbonyl (C=O) groups excluding carboxylic acids is 1. The van der Waals surface area contributed by atoms with Crippen LogP contribution in [-0.4, -0.2) is 30.9 Å². The van der Waals surface area contributed by atoms with E-state index in [1.54, 1.807) is 0 Å². The molecule has 1 aromatic rings. The quantitative estimate of drug-likeness (QED) is 0.847. The molecule has 1 fully saturated rings. The molecular weight excluding hydrogens is 260 g/mol. The van der Waals surface area contributed by atoms with Gasteiger partial charge in [-0.3, -0.25) is 4.79 Å². The van der Waals surface area contributed by atoms with Gasteiger partial charge in [0, 0.05) is 37.8 Å². The molecule has 3 heteroatoms. The lowest BCUT2D eigenvalue weighted by atomic mass is 9.95. The predicted molar refractivity (Wildman–Crippen MR) is 88.4 cm³/mol. The van der Waals surface area contributed by atoms with E-state index in [-0.39, 0.29) is 11.3 Å². The summed E-state index contributed by atoms with van der Waals surface area (Å²) in [6.07, 6.45) is 3.95. The largest absolute Gasteiger partial charge is 0.372 e. The molecule has 1 aliphatic rings. The molecule has 0 aliphatic carbocycles. The summed E-state index contributed by atoms with van der Waals surface area (Å²) in [5, 5.41) is 0. The summed E-state index contributed by atoms with van der Waals surface area (Å²) in [7, 11) is 1.88. The molecule has 21 heavy (non-hydrogen) atoms. The molecule has 0 aromatic heterocycles. The van der Waals surface area contributed by atoms with Crippen molar-refractivity contribution in [2.24, 2.45) is 5.41 Å². The zero-order valence-electron chi connectivity index (χ0n) is 13.9. The summed E-state index contributed by atoms with van der Waals surface area (Å²) < 4.78 is 0. The molecule has 0 radical (unpaired) electrons. The number of nitrogens with zero attached hydrogens (tertiary/aromatic N) is 2. The molecule has 0 saturated carbocycles. The number of amides is 1. The Bertz CT molecular complexity index is 467. The number of anilines is 1. The summed E-state index contributed by atoms with van der Waals surface area (Å²) in [4.78, 5) is 16.5. The molecule has 0 N–H and O–H groups in total. The van der Waals surface area contributed by atoms with Crippen LogP contribution in [0.3, 0.4) is 0 Å². The number of hydrogen-bond acceptors (Lipinski definition) is 2. The number of hydrogen-bond donors (Lipinski definition) is 0. The number of carbonyl (C=O) groups is 1. The molecule has 1 amide bonds. The Hall–Kier alpha value is -1.51. The first-order valence-electron chi connectivity index (χ1n) is 7.97. The Balaban J connectivity index is 1.97. The fourth-order valence-electron chi connectivity index (χ4n) is 2.88. The van der Waals surface area contributed by atoms with Crippen molar-refractivity contribution >= 4 is 11.6 Å². The lowest BCUT2D eigenvalue weighted by Crippen LogP contribution is -2.36. The van der Waals surface area contributed by atoms with Crippen LogP contribution >= 0.6 is 0 Å². The van der Waals surface area contributed by atoms with E-state index >= 15 is 0 Å². The van der Waals surface area contributed by atoms with Crippen LogP contribution in [0.15, 0.2) is 24.3 Å². The van der Waals surface area contributed by atoms with Crippen LogP contribution in [0.2, 0.25) is 0 Å². The van der Waals surface area contributed by atoms with Gasteiger partial charge in [0.2, 0.25) is 5.91 Å². The van der Waals surface area contributed by atoms with Gasteiger partial charge in [0.25, 0.3) is 0 Å². The Kier molecular flexibility index (Phi) is 4.92. The number of piperidine rings is 1. The average Bonchev–Trinajstić information content (AvgIpc) is 2.47. The molecule has 2 rings (SSSR count). The molecule has 1 aromatic carbocycles. The third kappa shape index (κ3) is 4.23. The van der Waals surface area contributed by atoms with Crippen molar-refractivity contribution in [3.05, 3.63) is 29.8 Å². The lowest BCUT2D eigenvalue weighted by Gasteiger charge is -2.29. The van der Waals surface area contributed by atoms with Crippen LogP contribution in [0.4, 0.5) is 5.69 Å². The van der Waals surface area contributed by atoms with E-state index in [0.29, 0.717) is 6.54 Å². The van der Waals surface area contributed by atoms with Gasteiger partial charge in [0.15, 0.2) is 0 Å². The lowest BCUT2D eigenvalue weighted by molar-refractivity contribution is -0.138. The third-order valence-corrected chi connectivity index (χ3v) is 4.07. The van der Waals surface area contributed by atoms with E-state index in [1.807, 2.05) is 32.7 Å². The van der Waals surface area contributed by atoms with E-state index in [9.17, 15) is 4.79 Å². The van der Waals surface area contributed by atoms with Gasteiger partial charge in [-0.25, -0.2) is 0 Å². The first-order chi connectivity index (χ1) is 9.88. The monoisotopic (exact) mass is 288 g/mol. The van der Waals surface area contributed by atoms with Crippen molar-refractivity contribution in [2.45, 2.75) is 46.6 Å². The molecule has 0 bridgehead atoms. The normalized spacial score (nSPS) is 15.9. The number of benzene rings is 1.